The molecule has 2 rings (SSSR count). The van der Waals surface area contributed by atoms with Gasteiger partial charge in [-0.1, -0.05) is 0 Å². The van der Waals surface area contributed by atoms with Crippen molar-refractivity contribution in [2.24, 2.45) is 5.92 Å². The first kappa shape index (κ1) is 11.8. The van der Waals surface area contributed by atoms with Gasteiger partial charge in [-0.2, -0.15) is 0 Å². The Morgan fingerprint density at radius 1 is 1.56 bits per heavy atom. The number of ether oxygens (including phenoxy) is 1. The van der Waals surface area contributed by atoms with Crippen LogP contribution in [-0.2, 0) is 9.53 Å². The van der Waals surface area contributed by atoms with Crippen molar-refractivity contribution in [1.82, 2.24) is 10.2 Å². The van der Waals surface area contributed by atoms with Crippen LogP contribution in [0.25, 0.3) is 0 Å². The Balaban J connectivity index is 1.82. The molecule has 2 aliphatic heterocycles. The Kier molecular flexibility index (Phi) is 3.47. The standard InChI is InChI=1S/C11H20N2O3/c1-11(10(14)15)6-9(7-12-11)8-13-2-4-16-5-3-13/h9,12H,2-8H2,1H3,(H,14,15). The molecular weight excluding hydrogens is 208 g/mol. The minimum atomic E-state index is -0.739. The Labute approximate surface area is 95.8 Å². The van der Waals surface area contributed by atoms with Crippen LogP contribution < -0.4 is 5.32 Å². The van der Waals surface area contributed by atoms with Gasteiger partial charge in [0.25, 0.3) is 0 Å². The van der Waals surface area contributed by atoms with Crippen molar-refractivity contribution in [2.75, 3.05) is 39.4 Å². The average Bonchev–Trinajstić information content (AvgIpc) is 2.63. The molecular formula is C11H20N2O3. The lowest BCUT2D eigenvalue weighted by molar-refractivity contribution is -0.143. The molecule has 0 amide bonds. The fourth-order valence-corrected chi connectivity index (χ4v) is 2.53. The third-order valence-corrected chi connectivity index (χ3v) is 3.57. The molecule has 0 saturated carbocycles. The zero-order valence-electron chi connectivity index (χ0n) is 9.74. The summed E-state index contributed by atoms with van der Waals surface area (Å²) >= 11 is 0. The second kappa shape index (κ2) is 4.69. The van der Waals surface area contributed by atoms with Crippen LogP contribution in [-0.4, -0.2) is 60.9 Å². The maximum atomic E-state index is 11.1. The predicted molar refractivity (Wildman–Crippen MR) is 59.4 cm³/mol. The van der Waals surface area contributed by atoms with Crippen LogP contribution in [0.2, 0.25) is 0 Å². The highest BCUT2D eigenvalue weighted by atomic mass is 16.5. The second-order valence-electron chi connectivity index (χ2n) is 5.00. The van der Waals surface area contributed by atoms with Gasteiger partial charge in [-0.05, 0) is 19.3 Å². The van der Waals surface area contributed by atoms with E-state index in [9.17, 15) is 4.79 Å². The molecule has 92 valence electrons. The summed E-state index contributed by atoms with van der Waals surface area (Å²) in [5.74, 6) is -0.295. The van der Waals surface area contributed by atoms with Gasteiger partial charge in [-0.25, -0.2) is 0 Å². The first-order valence-electron chi connectivity index (χ1n) is 5.89. The van der Waals surface area contributed by atoms with E-state index < -0.39 is 11.5 Å². The number of nitrogens with zero attached hydrogens (tertiary/aromatic N) is 1. The van der Waals surface area contributed by atoms with Gasteiger partial charge in [0.2, 0.25) is 0 Å². The number of carboxylic acid groups (broad SMARTS) is 1. The van der Waals surface area contributed by atoms with Gasteiger partial charge in [0.1, 0.15) is 5.54 Å². The molecule has 2 fully saturated rings. The highest BCUT2D eigenvalue weighted by molar-refractivity contribution is 5.78. The monoisotopic (exact) mass is 228 g/mol. The SMILES string of the molecule is CC1(C(=O)O)CC(CN2CCOCC2)CN1. The zero-order valence-corrected chi connectivity index (χ0v) is 9.74. The number of carbonyl (C=O) groups is 1. The first-order chi connectivity index (χ1) is 7.60. The fourth-order valence-electron chi connectivity index (χ4n) is 2.53. The third kappa shape index (κ3) is 2.53. The fraction of sp³-hybridized carbons (Fsp3) is 0.909. The summed E-state index contributed by atoms with van der Waals surface area (Å²) in [5, 5.41) is 12.2. The van der Waals surface area contributed by atoms with Gasteiger partial charge < -0.3 is 15.2 Å². The second-order valence-corrected chi connectivity index (χ2v) is 5.00. The lowest BCUT2D eigenvalue weighted by Gasteiger charge is -2.29. The Hall–Kier alpha value is -0.650. The van der Waals surface area contributed by atoms with Crippen molar-refractivity contribution in [3.63, 3.8) is 0 Å². The van der Waals surface area contributed by atoms with Crippen molar-refractivity contribution in [3.8, 4) is 0 Å². The molecule has 2 N–H and O–H groups in total. The highest BCUT2D eigenvalue weighted by Gasteiger charge is 2.41. The van der Waals surface area contributed by atoms with E-state index in [1.165, 1.54) is 0 Å². The minimum absolute atomic E-state index is 0.444. The highest BCUT2D eigenvalue weighted by Crippen LogP contribution is 2.25. The molecule has 2 saturated heterocycles. The van der Waals surface area contributed by atoms with E-state index in [1.807, 2.05) is 0 Å². The molecule has 0 aromatic heterocycles. The lowest BCUT2D eigenvalue weighted by Crippen LogP contribution is -2.44. The van der Waals surface area contributed by atoms with Gasteiger partial charge in [0.15, 0.2) is 0 Å². The number of nitrogens with one attached hydrogen (secondary N) is 1. The quantitative estimate of drug-likeness (QED) is 0.699. The molecule has 0 aromatic rings. The van der Waals surface area contributed by atoms with E-state index in [1.54, 1.807) is 6.92 Å². The maximum Gasteiger partial charge on any atom is 0.323 e. The molecule has 0 spiro atoms. The van der Waals surface area contributed by atoms with Gasteiger partial charge in [-0.15, -0.1) is 0 Å². The van der Waals surface area contributed by atoms with E-state index in [0.29, 0.717) is 5.92 Å². The normalized spacial score (nSPS) is 36.4. The van der Waals surface area contributed by atoms with Crippen LogP contribution in [0.1, 0.15) is 13.3 Å². The number of rotatable bonds is 3. The van der Waals surface area contributed by atoms with E-state index in [0.717, 1.165) is 45.8 Å². The molecule has 2 atom stereocenters. The maximum absolute atomic E-state index is 11.1. The molecule has 2 heterocycles. The minimum Gasteiger partial charge on any atom is -0.480 e. The van der Waals surface area contributed by atoms with Gasteiger partial charge >= 0.3 is 5.97 Å². The Morgan fingerprint density at radius 2 is 2.25 bits per heavy atom. The number of morpholine rings is 1. The Morgan fingerprint density at radius 3 is 2.81 bits per heavy atom. The first-order valence-corrected chi connectivity index (χ1v) is 5.89. The van der Waals surface area contributed by atoms with E-state index in [2.05, 4.69) is 10.2 Å². The number of carboxylic acids is 1. The molecule has 2 unspecified atom stereocenters. The van der Waals surface area contributed by atoms with Crippen LogP contribution in [0, 0.1) is 5.92 Å². The number of aliphatic carboxylic acids is 1. The largest absolute Gasteiger partial charge is 0.480 e. The van der Waals surface area contributed by atoms with Crippen molar-refractivity contribution >= 4 is 5.97 Å². The smallest absolute Gasteiger partial charge is 0.323 e. The molecule has 16 heavy (non-hydrogen) atoms. The van der Waals surface area contributed by atoms with Crippen LogP contribution in [0.5, 0.6) is 0 Å². The summed E-state index contributed by atoms with van der Waals surface area (Å²) in [5.41, 5.74) is -0.725. The summed E-state index contributed by atoms with van der Waals surface area (Å²) < 4.78 is 5.29. The molecule has 0 aromatic carbocycles. The molecule has 5 nitrogen and oxygen atoms in total. The number of hydrogen-bond acceptors (Lipinski definition) is 4. The molecule has 0 bridgehead atoms. The van der Waals surface area contributed by atoms with Crippen LogP contribution in [0.4, 0.5) is 0 Å². The summed E-state index contributed by atoms with van der Waals surface area (Å²) in [6.07, 6.45) is 0.722. The predicted octanol–water partition coefficient (Wildman–Crippen LogP) is -0.229. The Bertz CT molecular complexity index is 266. The van der Waals surface area contributed by atoms with Crippen molar-refractivity contribution in [2.45, 2.75) is 18.9 Å². The average molecular weight is 228 g/mol. The summed E-state index contributed by atoms with van der Waals surface area (Å²) in [4.78, 5) is 13.4. The van der Waals surface area contributed by atoms with Gasteiger partial charge in [0.05, 0.1) is 13.2 Å². The number of hydrogen-bond donors (Lipinski definition) is 2. The van der Waals surface area contributed by atoms with Crippen LogP contribution in [0.3, 0.4) is 0 Å². The van der Waals surface area contributed by atoms with E-state index >= 15 is 0 Å². The van der Waals surface area contributed by atoms with E-state index in [4.69, 9.17) is 9.84 Å². The summed E-state index contributed by atoms with van der Waals surface area (Å²) in [7, 11) is 0. The van der Waals surface area contributed by atoms with E-state index in [-0.39, 0.29) is 0 Å². The van der Waals surface area contributed by atoms with Crippen molar-refractivity contribution in [1.29, 1.82) is 0 Å². The summed E-state index contributed by atoms with van der Waals surface area (Å²) in [6.45, 7) is 7.11. The van der Waals surface area contributed by atoms with Crippen LogP contribution >= 0.6 is 0 Å². The molecule has 2 aliphatic rings. The molecule has 0 aliphatic carbocycles. The zero-order chi connectivity index (χ0) is 11.6. The molecule has 5 heteroatoms. The summed E-state index contributed by atoms with van der Waals surface area (Å²) in [6, 6.07) is 0. The van der Waals surface area contributed by atoms with Crippen LogP contribution in [0.15, 0.2) is 0 Å². The molecule has 0 radical (unpaired) electrons. The lowest BCUT2D eigenvalue weighted by atomic mass is 9.94. The van der Waals surface area contributed by atoms with Crippen molar-refractivity contribution in [3.05, 3.63) is 0 Å². The topological polar surface area (TPSA) is 61.8 Å². The third-order valence-electron chi connectivity index (χ3n) is 3.57. The van der Waals surface area contributed by atoms with Gasteiger partial charge in [-0.3, -0.25) is 9.69 Å². The van der Waals surface area contributed by atoms with Crippen molar-refractivity contribution < 1.29 is 14.6 Å². The van der Waals surface area contributed by atoms with Gasteiger partial charge in [0, 0.05) is 26.2 Å².